The summed E-state index contributed by atoms with van der Waals surface area (Å²) >= 11 is 3.80. The minimum atomic E-state index is 1.27. The average Bonchev–Trinajstić information content (AvgIpc) is 3.72. The first-order valence-corrected chi connectivity index (χ1v) is 17.4. The van der Waals surface area contributed by atoms with Crippen molar-refractivity contribution in [3.8, 4) is 33.4 Å². The molecule has 10 aromatic rings. The SMILES string of the molecule is c1ccc(-c2csc3c2ccc2c4ccc(-c5c6ccccc6c(-c6cccc7ccccc67)c6ccccc56)cc4sc23)cc1. The second kappa shape index (κ2) is 10.1. The first-order valence-electron chi connectivity index (χ1n) is 15.7. The Balaban J connectivity index is 1.23. The van der Waals surface area contributed by atoms with E-state index in [0.717, 1.165) is 0 Å². The van der Waals surface area contributed by atoms with Gasteiger partial charge in [-0.1, -0.05) is 146 Å². The lowest BCUT2D eigenvalue weighted by Crippen LogP contribution is -1.91. The number of rotatable bonds is 3. The molecule has 46 heavy (non-hydrogen) atoms. The molecule has 0 unspecified atom stereocenters. The highest BCUT2D eigenvalue weighted by molar-refractivity contribution is 7.30. The summed E-state index contributed by atoms with van der Waals surface area (Å²) in [5.74, 6) is 0. The Morgan fingerprint density at radius 3 is 1.72 bits per heavy atom. The molecule has 0 saturated carbocycles. The van der Waals surface area contributed by atoms with Crippen LogP contribution >= 0.6 is 22.7 Å². The third kappa shape index (κ3) is 3.78. The van der Waals surface area contributed by atoms with Gasteiger partial charge >= 0.3 is 0 Å². The second-order valence-electron chi connectivity index (χ2n) is 12.0. The summed E-state index contributed by atoms with van der Waals surface area (Å²) in [7, 11) is 0. The molecule has 0 aliphatic carbocycles. The van der Waals surface area contributed by atoms with Crippen molar-refractivity contribution in [2.75, 3.05) is 0 Å². The molecule has 0 nitrogen and oxygen atoms in total. The van der Waals surface area contributed by atoms with Gasteiger partial charge < -0.3 is 0 Å². The summed E-state index contributed by atoms with van der Waals surface area (Å²) in [5, 5.41) is 14.1. The number of hydrogen-bond donors (Lipinski definition) is 0. The van der Waals surface area contributed by atoms with Crippen LogP contribution in [0.5, 0.6) is 0 Å². The van der Waals surface area contributed by atoms with Crippen LogP contribution in [0, 0.1) is 0 Å². The minimum Gasteiger partial charge on any atom is -0.142 e. The van der Waals surface area contributed by atoms with Crippen molar-refractivity contribution < 1.29 is 0 Å². The molecule has 0 saturated heterocycles. The van der Waals surface area contributed by atoms with Gasteiger partial charge in [-0.2, -0.15) is 0 Å². The molecular formula is C44H26S2. The molecule has 214 valence electrons. The summed E-state index contributed by atoms with van der Waals surface area (Å²) < 4.78 is 4.10. The van der Waals surface area contributed by atoms with Crippen molar-refractivity contribution in [1.29, 1.82) is 0 Å². The Kier molecular flexibility index (Phi) is 5.72. The molecule has 0 aliphatic heterocycles. The normalized spacial score (nSPS) is 11.9. The van der Waals surface area contributed by atoms with Crippen LogP contribution in [0.4, 0.5) is 0 Å². The van der Waals surface area contributed by atoms with Crippen molar-refractivity contribution in [3.05, 3.63) is 157 Å². The number of fused-ring (bicyclic) bond motifs is 8. The molecule has 2 heterocycles. The van der Waals surface area contributed by atoms with E-state index in [4.69, 9.17) is 0 Å². The number of thiophene rings is 2. The van der Waals surface area contributed by atoms with Crippen LogP contribution < -0.4 is 0 Å². The summed E-state index contributed by atoms with van der Waals surface area (Å²) in [5.41, 5.74) is 7.77. The first kappa shape index (κ1) is 26.0. The fourth-order valence-electron chi connectivity index (χ4n) is 7.50. The van der Waals surface area contributed by atoms with E-state index in [9.17, 15) is 0 Å². The molecule has 0 amide bonds. The first-order chi connectivity index (χ1) is 22.8. The highest BCUT2D eigenvalue weighted by Crippen LogP contribution is 2.48. The van der Waals surface area contributed by atoms with Crippen LogP contribution in [0.15, 0.2) is 157 Å². The lowest BCUT2D eigenvalue weighted by molar-refractivity contribution is 1.69. The van der Waals surface area contributed by atoms with Gasteiger partial charge in [0, 0.05) is 26.4 Å². The maximum Gasteiger partial charge on any atom is 0.0533 e. The van der Waals surface area contributed by atoms with Gasteiger partial charge in [-0.25, -0.2) is 0 Å². The number of hydrogen-bond acceptors (Lipinski definition) is 2. The average molecular weight is 619 g/mol. The Labute approximate surface area is 274 Å². The zero-order valence-electron chi connectivity index (χ0n) is 24.8. The van der Waals surface area contributed by atoms with Crippen LogP contribution in [0.3, 0.4) is 0 Å². The van der Waals surface area contributed by atoms with Gasteiger partial charge in [0.25, 0.3) is 0 Å². The van der Waals surface area contributed by atoms with Crippen LogP contribution in [0.25, 0.3) is 96.0 Å². The van der Waals surface area contributed by atoms with Crippen molar-refractivity contribution in [2.45, 2.75) is 0 Å². The van der Waals surface area contributed by atoms with Crippen LogP contribution in [0.1, 0.15) is 0 Å². The van der Waals surface area contributed by atoms with Gasteiger partial charge in [0.2, 0.25) is 0 Å². The van der Waals surface area contributed by atoms with Gasteiger partial charge in [-0.05, 0) is 71.6 Å². The Bertz CT molecular complexity index is 2740. The van der Waals surface area contributed by atoms with E-state index in [1.165, 1.54) is 96.0 Å². The maximum atomic E-state index is 2.43. The lowest BCUT2D eigenvalue weighted by atomic mass is 9.84. The standard InChI is InChI=1S/C44H26S2/c1-2-11-28(12-3-1)39-26-45-43-38(39)24-23-37-31-22-21-29(25-40(31)46-44(37)43)41-33-16-6-8-18-35(33)42(36-19-9-7-17-34(36)41)32-20-10-14-27-13-4-5-15-30(27)32/h1-26H. The molecule has 0 aliphatic rings. The highest BCUT2D eigenvalue weighted by atomic mass is 32.1. The quantitative estimate of drug-likeness (QED) is 0.173. The summed E-state index contributed by atoms with van der Waals surface area (Å²) in [6, 6.07) is 55.9. The Hall–Kier alpha value is -5.28. The predicted molar refractivity (Wildman–Crippen MR) is 204 cm³/mol. The lowest BCUT2D eigenvalue weighted by Gasteiger charge is -2.18. The molecular weight excluding hydrogens is 593 g/mol. The smallest absolute Gasteiger partial charge is 0.0533 e. The molecule has 10 rings (SSSR count). The van der Waals surface area contributed by atoms with Crippen LogP contribution in [-0.4, -0.2) is 0 Å². The van der Waals surface area contributed by atoms with E-state index in [1.807, 2.05) is 22.7 Å². The van der Waals surface area contributed by atoms with E-state index < -0.39 is 0 Å². The third-order valence-electron chi connectivity index (χ3n) is 9.54. The molecule has 0 bridgehead atoms. The Morgan fingerprint density at radius 1 is 0.348 bits per heavy atom. The van der Waals surface area contributed by atoms with Crippen molar-refractivity contribution in [1.82, 2.24) is 0 Å². The van der Waals surface area contributed by atoms with Crippen molar-refractivity contribution >= 4 is 85.2 Å². The van der Waals surface area contributed by atoms with Crippen LogP contribution in [-0.2, 0) is 0 Å². The molecule has 0 N–H and O–H groups in total. The fourth-order valence-corrected chi connectivity index (χ4v) is 9.97. The van der Waals surface area contributed by atoms with E-state index in [1.54, 1.807) is 0 Å². The molecule has 0 spiro atoms. The number of benzene rings is 8. The molecule has 2 aromatic heterocycles. The predicted octanol–water partition coefficient (Wildman–Crippen LogP) is 13.7. The summed E-state index contributed by atoms with van der Waals surface area (Å²) in [4.78, 5) is 0. The van der Waals surface area contributed by atoms with Crippen molar-refractivity contribution in [2.24, 2.45) is 0 Å². The van der Waals surface area contributed by atoms with E-state index in [0.29, 0.717) is 0 Å². The van der Waals surface area contributed by atoms with Gasteiger partial charge in [0.05, 0.1) is 9.40 Å². The van der Waals surface area contributed by atoms with Gasteiger partial charge in [-0.15, -0.1) is 22.7 Å². The zero-order valence-corrected chi connectivity index (χ0v) is 26.5. The van der Waals surface area contributed by atoms with Crippen LogP contribution in [0.2, 0.25) is 0 Å². The topological polar surface area (TPSA) is 0 Å². The monoisotopic (exact) mass is 618 g/mol. The third-order valence-corrected chi connectivity index (χ3v) is 11.9. The van der Waals surface area contributed by atoms with E-state index in [2.05, 4.69) is 157 Å². The zero-order chi connectivity index (χ0) is 30.2. The largest absolute Gasteiger partial charge is 0.142 e. The fraction of sp³-hybridized carbons (Fsp3) is 0. The Morgan fingerprint density at radius 2 is 0.957 bits per heavy atom. The maximum absolute atomic E-state index is 2.43. The molecule has 8 aromatic carbocycles. The molecule has 0 radical (unpaired) electrons. The van der Waals surface area contributed by atoms with Gasteiger partial charge in [0.15, 0.2) is 0 Å². The van der Waals surface area contributed by atoms with Gasteiger partial charge in [0.1, 0.15) is 0 Å². The molecule has 0 fully saturated rings. The molecule has 0 atom stereocenters. The van der Waals surface area contributed by atoms with E-state index in [-0.39, 0.29) is 0 Å². The molecule has 2 heteroatoms. The minimum absolute atomic E-state index is 1.27. The van der Waals surface area contributed by atoms with E-state index >= 15 is 0 Å². The summed E-state index contributed by atoms with van der Waals surface area (Å²) in [6.45, 7) is 0. The highest BCUT2D eigenvalue weighted by Gasteiger charge is 2.19. The second-order valence-corrected chi connectivity index (χ2v) is 13.9. The van der Waals surface area contributed by atoms with Crippen molar-refractivity contribution in [3.63, 3.8) is 0 Å². The summed E-state index contributed by atoms with van der Waals surface area (Å²) in [6.07, 6.45) is 0. The van der Waals surface area contributed by atoms with Gasteiger partial charge in [-0.3, -0.25) is 0 Å².